The first-order valence-corrected chi connectivity index (χ1v) is 8.21. The van der Waals surface area contributed by atoms with E-state index in [0.29, 0.717) is 23.6 Å². The van der Waals surface area contributed by atoms with Crippen LogP contribution in [0.15, 0.2) is 42.5 Å². The minimum absolute atomic E-state index is 0.0310. The minimum Gasteiger partial charge on any atom is -0.497 e. The van der Waals surface area contributed by atoms with Crippen LogP contribution in [-0.4, -0.2) is 26.7 Å². The van der Waals surface area contributed by atoms with Crippen molar-refractivity contribution in [2.24, 2.45) is 0 Å². The molecule has 1 aliphatic rings. The van der Waals surface area contributed by atoms with Crippen LogP contribution in [0.4, 0.5) is 0 Å². The van der Waals surface area contributed by atoms with Gasteiger partial charge in [-0.05, 0) is 42.7 Å². The molecule has 4 nitrogen and oxygen atoms in total. The van der Waals surface area contributed by atoms with E-state index in [0.717, 1.165) is 17.9 Å². The molecule has 1 fully saturated rings. The van der Waals surface area contributed by atoms with Crippen molar-refractivity contribution in [3.63, 3.8) is 0 Å². The van der Waals surface area contributed by atoms with Gasteiger partial charge in [-0.2, -0.15) is 0 Å². The molecule has 0 atom stereocenters. The number of amides is 1. The zero-order valence-electron chi connectivity index (χ0n) is 13.8. The lowest BCUT2D eigenvalue weighted by atomic mass is 9.96. The first-order chi connectivity index (χ1) is 11.6. The average Bonchev–Trinajstić information content (AvgIpc) is 3.40. The third-order valence-electron chi connectivity index (χ3n) is 4.51. The van der Waals surface area contributed by atoms with Crippen LogP contribution in [0.5, 0.6) is 11.5 Å². The maximum absolute atomic E-state index is 12.5. The van der Waals surface area contributed by atoms with Crippen LogP contribution in [-0.2, 0) is 5.41 Å². The lowest BCUT2D eigenvalue weighted by Crippen LogP contribution is -2.32. The molecule has 126 valence electrons. The molecule has 0 heterocycles. The fourth-order valence-electron chi connectivity index (χ4n) is 2.81. The van der Waals surface area contributed by atoms with Crippen LogP contribution in [0.25, 0.3) is 0 Å². The van der Waals surface area contributed by atoms with E-state index < -0.39 is 0 Å². The van der Waals surface area contributed by atoms with Crippen molar-refractivity contribution >= 4 is 17.5 Å². The van der Waals surface area contributed by atoms with Gasteiger partial charge in [0.25, 0.3) is 5.91 Å². The number of carbonyl (C=O) groups excluding carboxylic acids is 1. The summed E-state index contributed by atoms with van der Waals surface area (Å²) in [5, 5.41) is 3.76. The predicted molar refractivity (Wildman–Crippen MR) is 94.2 cm³/mol. The molecule has 0 spiro atoms. The van der Waals surface area contributed by atoms with Crippen LogP contribution in [0, 0.1) is 0 Å². The molecule has 0 bridgehead atoms. The van der Waals surface area contributed by atoms with Crippen molar-refractivity contribution in [2.45, 2.75) is 18.3 Å². The molecule has 1 amide bonds. The molecule has 2 aromatic rings. The van der Waals surface area contributed by atoms with Gasteiger partial charge in [-0.25, -0.2) is 0 Å². The molecular formula is C19H20ClNO3. The topological polar surface area (TPSA) is 47.6 Å². The van der Waals surface area contributed by atoms with Gasteiger partial charge in [0, 0.05) is 28.6 Å². The van der Waals surface area contributed by atoms with Crippen LogP contribution in [0.3, 0.4) is 0 Å². The summed E-state index contributed by atoms with van der Waals surface area (Å²) in [4.78, 5) is 12.5. The number of benzene rings is 2. The maximum Gasteiger partial charge on any atom is 0.251 e. The van der Waals surface area contributed by atoms with E-state index in [1.54, 1.807) is 32.4 Å². The Morgan fingerprint density at radius 1 is 1.08 bits per heavy atom. The van der Waals surface area contributed by atoms with Crippen LogP contribution in [0.1, 0.15) is 28.8 Å². The molecule has 0 saturated heterocycles. The van der Waals surface area contributed by atoms with Crippen molar-refractivity contribution in [3.8, 4) is 11.5 Å². The quantitative estimate of drug-likeness (QED) is 0.865. The standard InChI is InChI=1S/C19H20ClNO3/c1-23-16-9-13(10-17(11-16)24-2)18(22)21-12-19(7-8-19)14-3-5-15(20)6-4-14/h3-6,9-11H,7-8,12H2,1-2H3,(H,21,22). The van der Waals surface area contributed by atoms with Crippen molar-refractivity contribution in [1.29, 1.82) is 0 Å². The number of methoxy groups -OCH3 is 2. The molecule has 2 aromatic carbocycles. The fraction of sp³-hybridized carbons (Fsp3) is 0.316. The van der Waals surface area contributed by atoms with Crippen molar-refractivity contribution in [3.05, 3.63) is 58.6 Å². The largest absolute Gasteiger partial charge is 0.497 e. The Kier molecular flexibility index (Phi) is 4.67. The third-order valence-corrected chi connectivity index (χ3v) is 4.76. The molecule has 0 aromatic heterocycles. The van der Waals surface area contributed by atoms with Crippen molar-refractivity contribution < 1.29 is 14.3 Å². The highest BCUT2D eigenvalue weighted by Gasteiger charge is 2.44. The highest BCUT2D eigenvalue weighted by molar-refractivity contribution is 6.30. The molecule has 5 heteroatoms. The summed E-state index contributed by atoms with van der Waals surface area (Å²) in [5.41, 5.74) is 1.77. The van der Waals surface area contributed by atoms with Crippen molar-refractivity contribution in [2.75, 3.05) is 20.8 Å². The maximum atomic E-state index is 12.5. The summed E-state index contributed by atoms with van der Waals surface area (Å²) >= 11 is 5.95. The van der Waals surface area contributed by atoms with Gasteiger partial charge in [0.1, 0.15) is 11.5 Å². The molecule has 24 heavy (non-hydrogen) atoms. The van der Waals surface area contributed by atoms with Crippen LogP contribution in [0.2, 0.25) is 5.02 Å². The number of carbonyl (C=O) groups is 1. The van der Waals surface area contributed by atoms with Gasteiger partial charge < -0.3 is 14.8 Å². The van der Waals surface area contributed by atoms with E-state index in [1.807, 2.05) is 24.3 Å². The molecule has 1 aliphatic carbocycles. The first-order valence-electron chi connectivity index (χ1n) is 7.84. The Hall–Kier alpha value is -2.20. The number of ether oxygens (including phenoxy) is 2. The zero-order chi connectivity index (χ0) is 17.2. The second-order valence-corrected chi connectivity index (χ2v) is 6.51. The Morgan fingerprint density at radius 2 is 1.67 bits per heavy atom. The summed E-state index contributed by atoms with van der Waals surface area (Å²) in [7, 11) is 3.13. The van der Waals surface area contributed by atoms with Crippen molar-refractivity contribution in [1.82, 2.24) is 5.32 Å². The lowest BCUT2D eigenvalue weighted by Gasteiger charge is -2.17. The second kappa shape index (κ2) is 6.73. The zero-order valence-corrected chi connectivity index (χ0v) is 14.5. The van der Waals surface area contributed by atoms with Crippen LogP contribution >= 0.6 is 11.6 Å². The summed E-state index contributed by atoms with van der Waals surface area (Å²) in [6.07, 6.45) is 2.13. The highest BCUT2D eigenvalue weighted by atomic mass is 35.5. The third kappa shape index (κ3) is 3.49. The smallest absolute Gasteiger partial charge is 0.251 e. The second-order valence-electron chi connectivity index (χ2n) is 6.07. The van der Waals surface area contributed by atoms with Gasteiger partial charge in [-0.3, -0.25) is 4.79 Å². The van der Waals surface area contributed by atoms with Gasteiger partial charge in [-0.15, -0.1) is 0 Å². The monoisotopic (exact) mass is 345 g/mol. The fourth-order valence-corrected chi connectivity index (χ4v) is 2.94. The lowest BCUT2D eigenvalue weighted by molar-refractivity contribution is 0.0949. The molecule has 0 aliphatic heterocycles. The number of hydrogen-bond donors (Lipinski definition) is 1. The Labute approximate surface area is 146 Å². The van der Waals surface area contributed by atoms with Crippen LogP contribution < -0.4 is 14.8 Å². The Bertz CT molecular complexity index is 717. The van der Waals surface area contributed by atoms with E-state index in [-0.39, 0.29) is 11.3 Å². The molecule has 0 radical (unpaired) electrons. The number of rotatable bonds is 6. The molecule has 3 rings (SSSR count). The van der Waals surface area contributed by atoms with E-state index in [2.05, 4.69) is 5.32 Å². The summed E-state index contributed by atoms with van der Waals surface area (Å²) in [6, 6.07) is 13.0. The van der Waals surface area contributed by atoms with Gasteiger partial charge in [0.05, 0.1) is 14.2 Å². The van der Waals surface area contributed by atoms with Gasteiger partial charge in [-0.1, -0.05) is 23.7 Å². The Morgan fingerprint density at radius 3 is 2.17 bits per heavy atom. The van der Waals surface area contributed by atoms with Gasteiger partial charge >= 0.3 is 0 Å². The molecule has 1 saturated carbocycles. The number of hydrogen-bond acceptors (Lipinski definition) is 3. The van der Waals surface area contributed by atoms with E-state index in [4.69, 9.17) is 21.1 Å². The normalized spacial score (nSPS) is 14.8. The number of nitrogens with one attached hydrogen (secondary N) is 1. The molecular weight excluding hydrogens is 326 g/mol. The van der Waals surface area contributed by atoms with E-state index >= 15 is 0 Å². The van der Waals surface area contributed by atoms with E-state index in [1.165, 1.54) is 5.56 Å². The van der Waals surface area contributed by atoms with Gasteiger partial charge in [0.2, 0.25) is 0 Å². The average molecular weight is 346 g/mol. The Balaban J connectivity index is 1.70. The number of halogens is 1. The SMILES string of the molecule is COc1cc(OC)cc(C(=O)NCC2(c3ccc(Cl)cc3)CC2)c1. The highest BCUT2D eigenvalue weighted by Crippen LogP contribution is 2.47. The van der Waals surface area contributed by atoms with E-state index in [9.17, 15) is 4.79 Å². The predicted octanol–water partition coefficient (Wildman–Crippen LogP) is 3.82. The summed E-state index contributed by atoms with van der Waals surface area (Å²) in [6.45, 7) is 0.604. The minimum atomic E-state index is -0.132. The first kappa shape index (κ1) is 16.7. The van der Waals surface area contributed by atoms with Gasteiger partial charge in [0.15, 0.2) is 0 Å². The summed E-state index contributed by atoms with van der Waals surface area (Å²) < 4.78 is 10.4. The molecule has 0 unspecified atom stereocenters. The summed E-state index contributed by atoms with van der Waals surface area (Å²) in [5.74, 6) is 1.06. The molecule has 1 N–H and O–H groups in total.